The van der Waals surface area contributed by atoms with E-state index in [1.807, 2.05) is 0 Å². The topological polar surface area (TPSA) is 98.5 Å². The Morgan fingerprint density at radius 3 is 2.20 bits per heavy atom. The van der Waals surface area contributed by atoms with Crippen molar-refractivity contribution in [1.82, 2.24) is 0 Å². The third-order valence-electron chi connectivity index (χ3n) is 1.85. The molecule has 0 unspecified atom stereocenters. The zero-order chi connectivity index (χ0) is 12.1. The van der Waals surface area contributed by atoms with E-state index in [-0.39, 0.29) is 5.84 Å². The molecule has 0 aliphatic heterocycles. The molecule has 0 atom stereocenters. The fraction of sp³-hybridized carbons (Fsp3) is 0.889. The van der Waals surface area contributed by atoms with Crippen molar-refractivity contribution in [3.8, 4) is 0 Å². The highest BCUT2D eigenvalue weighted by molar-refractivity contribution is 7.88. The maximum Gasteiger partial charge on any atom is 0.318 e. The molecule has 0 heterocycles. The van der Waals surface area contributed by atoms with Gasteiger partial charge in [-0.1, -0.05) is 27.2 Å². The maximum atomic E-state index is 10.5. The van der Waals surface area contributed by atoms with Gasteiger partial charge < -0.3 is 5.73 Å². The third-order valence-corrected chi connectivity index (χ3v) is 2.34. The highest BCUT2D eigenvalue weighted by atomic mass is 32.2. The first-order valence-corrected chi connectivity index (χ1v) is 6.47. The van der Waals surface area contributed by atoms with Gasteiger partial charge in [0.2, 0.25) is 0 Å². The Morgan fingerprint density at radius 1 is 1.27 bits per heavy atom. The Balaban J connectivity index is 3.84. The molecule has 90 valence electrons. The number of nitrogens with zero attached hydrogens (tertiary/aromatic N) is 1. The summed E-state index contributed by atoms with van der Waals surface area (Å²) in [6.07, 6.45) is 3.40. The molecule has 0 aromatic rings. The minimum absolute atomic E-state index is 0.0893. The summed E-state index contributed by atoms with van der Waals surface area (Å²) in [5.41, 5.74) is 5.70. The van der Waals surface area contributed by atoms with Crippen LogP contribution in [0, 0.1) is 5.41 Å². The van der Waals surface area contributed by atoms with Gasteiger partial charge in [0.05, 0.1) is 0 Å². The second-order valence-corrected chi connectivity index (χ2v) is 6.08. The molecular weight excluding hydrogens is 214 g/mol. The average molecular weight is 235 g/mol. The lowest BCUT2D eigenvalue weighted by Gasteiger charge is -2.17. The lowest BCUT2D eigenvalue weighted by molar-refractivity contribution is 0.361. The van der Waals surface area contributed by atoms with E-state index in [1.165, 1.54) is 0 Å². The lowest BCUT2D eigenvalue weighted by Crippen LogP contribution is -2.18. The highest BCUT2D eigenvalue weighted by Crippen LogP contribution is 2.21. The quantitative estimate of drug-likeness (QED) is 0.425. The van der Waals surface area contributed by atoms with Crippen LogP contribution in [0.1, 0.15) is 46.5 Å². The summed E-state index contributed by atoms with van der Waals surface area (Å²) < 4.78 is 24.3. The van der Waals surface area contributed by atoms with E-state index in [9.17, 15) is 8.42 Å². The van der Waals surface area contributed by atoms with E-state index in [0.717, 1.165) is 19.3 Å². The normalized spacial score (nSPS) is 14.3. The SMILES string of the molecule is CC(C)(C)CCCC/C(N)=N/S(N)(=O)=O. The van der Waals surface area contributed by atoms with E-state index in [2.05, 4.69) is 25.2 Å². The summed E-state index contributed by atoms with van der Waals surface area (Å²) in [7, 11) is -3.83. The van der Waals surface area contributed by atoms with Gasteiger partial charge in [-0.05, 0) is 18.3 Å². The molecule has 0 aliphatic rings. The average Bonchev–Trinajstić information content (AvgIpc) is 1.92. The van der Waals surface area contributed by atoms with Crippen LogP contribution < -0.4 is 10.9 Å². The molecule has 0 aromatic heterocycles. The van der Waals surface area contributed by atoms with Gasteiger partial charge in [-0.3, -0.25) is 0 Å². The second-order valence-electron chi connectivity index (χ2n) is 4.87. The molecule has 0 saturated carbocycles. The van der Waals surface area contributed by atoms with Crippen molar-refractivity contribution >= 4 is 16.0 Å². The van der Waals surface area contributed by atoms with Gasteiger partial charge in [0.25, 0.3) is 0 Å². The molecule has 4 N–H and O–H groups in total. The van der Waals surface area contributed by atoms with Crippen LogP contribution in [-0.2, 0) is 10.2 Å². The predicted octanol–water partition coefficient (Wildman–Crippen LogP) is 1.15. The minimum atomic E-state index is -3.83. The molecule has 5 nitrogen and oxygen atoms in total. The number of nitrogens with two attached hydrogens (primary N) is 2. The number of amidine groups is 1. The van der Waals surface area contributed by atoms with Crippen molar-refractivity contribution in [2.45, 2.75) is 46.5 Å². The summed E-state index contributed by atoms with van der Waals surface area (Å²) in [4.78, 5) is 0. The standard InChI is InChI=1S/C9H21N3O2S/c1-9(2,3)7-5-4-6-8(10)12-15(11,13)14/h4-7H2,1-3H3,(H2,10,12)(H2,11,13,14). The first-order chi connectivity index (χ1) is 6.60. The molecule has 0 aromatic carbocycles. The van der Waals surface area contributed by atoms with Crippen LogP contribution in [0.15, 0.2) is 4.40 Å². The largest absolute Gasteiger partial charge is 0.386 e. The monoisotopic (exact) mass is 235 g/mol. The zero-order valence-corrected chi connectivity index (χ0v) is 10.5. The maximum absolute atomic E-state index is 10.5. The van der Waals surface area contributed by atoms with Crippen LogP contribution >= 0.6 is 0 Å². The third kappa shape index (κ3) is 11.3. The Bertz CT molecular complexity index is 315. The summed E-state index contributed by atoms with van der Waals surface area (Å²) in [6.45, 7) is 6.48. The van der Waals surface area contributed by atoms with Crippen molar-refractivity contribution in [2.24, 2.45) is 20.7 Å². The van der Waals surface area contributed by atoms with Crippen LogP contribution in [0.2, 0.25) is 0 Å². The van der Waals surface area contributed by atoms with Gasteiger partial charge >= 0.3 is 10.2 Å². The number of rotatable bonds is 5. The summed E-state index contributed by atoms with van der Waals surface area (Å²) in [5.74, 6) is 0.0893. The first-order valence-electron chi connectivity index (χ1n) is 4.97. The first kappa shape index (κ1) is 14.4. The van der Waals surface area contributed by atoms with Crippen molar-refractivity contribution in [3.05, 3.63) is 0 Å². The Morgan fingerprint density at radius 2 is 1.80 bits per heavy atom. The van der Waals surface area contributed by atoms with Crippen LogP contribution in [-0.4, -0.2) is 14.3 Å². The molecule has 15 heavy (non-hydrogen) atoms. The molecule has 0 fully saturated rings. The molecule has 0 bridgehead atoms. The van der Waals surface area contributed by atoms with E-state index in [0.29, 0.717) is 11.8 Å². The molecule has 0 spiro atoms. The molecule has 0 amide bonds. The van der Waals surface area contributed by atoms with Gasteiger partial charge in [-0.2, -0.15) is 8.42 Å². The van der Waals surface area contributed by atoms with Crippen molar-refractivity contribution < 1.29 is 8.42 Å². The molecule has 0 radical (unpaired) electrons. The fourth-order valence-corrected chi connectivity index (χ4v) is 1.59. The molecule has 0 aliphatic carbocycles. The highest BCUT2D eigenvalue weighted by Gasteiger charge is 2.09. The van der Waals surface area contributed by atoms with Crippen LogP contribution in [0.25, 0.3) is 0 Å². The van der Waals surface area contributed by atoms with Crippen molar-refractivity contribution in [3.63, 3.8) is 0 Å². The fourth-order valence-electron chi connectivity index (χ4n) is 1.17. The van der Waals surface area contributed by atoms with E-state index >= 15 is 0 Å². The predicted molar refractivity (Wildman–Crippen MR) is 62.7 cm³/mol. The zero-order valence-electron chi connectivity index (χ0n) is 9.66. The summed E-state index contributed by atoms with van der Waals surface area (Å²) >= 11 is 0. The van der Waals surface area contributed by atoms with Gasteiger partial charge in [0.1, 0.15) is 5.84 Å². The van der Waals surface area contributed by atoms with E-state index < -0.39 is 10.2 Å². The van der Waals surface area contributed by atoms with E-state index in [4.69, 9.17) is 10.9 Å². The van der Waals surface area contributed by atoms with Crippen LogP contribution in [0.4, 0.5) is 0 Å². The number of unbranched alkanes of at least 4 members (excludes halogenated alkanes) is 1. The molecular formula is C9H21N3O2S. The van der Waals surface area contributed by atoms with Gasteiger partial charge in [-0.25, -0.2) is 5.14 Å². The summed E-state index contributed by atoms with van der Waals surface area (Å²) in [5, 5.41) is 4.71. The van der Waals surface area contributed by atoms with Gasteiger partial charge in [0.15, 0.2) is 0 Å². The van der Waals surface area contributed by atoms with Crippen LogP contribution in [0.5, 0.6) is 0 Å². The van der Waals surface area contributed by atoms with Gasteiger partial charge in [0, 0.05) is 6.42 Å². The van der Waals surface area contributed by atoms with Crippen LogP contribution in [0.3, 0.4) is 0 Å². The van der Waals surface area contributed by atoms with Crippen molar-refractivity contribution in [1.29, 1.82) is 0 Å². The molecule has 6 heteroatoms. The van der Waals surface area contributed by atoms with Crippen molar-refractivity contribution in [2.75, 3.05) is 0 Å². The Hall–Kier alpha value is -0.620. The molecule has 0 rings (SSSR count). The van der Waals surface area contributed by atoms with E-state index in [1.54, 1.807) is 0 Å². The molecule has 0 saturated heterocycles. The second kappa shape index (κ2) is 5.46. The summed E-state index contributed by atoms with van der Waals surface area (Å²) in [6, 6.07) is 0. The Labute approximate surface area is 92.1 Å². The minimum Gasteiger partial charge on any atom is -0.386 e. The lowest BCUT2D eigenvalue weighted by atomic mass is 9.89. The Kier molecular flexibility index (Phi) is 5.23. The smallest absolute Gasteiger partial charge is 0.318 e. The number of hydrogen-bond acceptors (Lipinski definition) is 2. The number of hydrogen-bond donors (Lipinski definition) is 2. The van der Waals surface area contributed by atoms with Gasteiger partial charge in [-0.15, -0.1) is 4.40 Å².